The highest BCUT2D eigenvalue weighted by Gasteiger charge is 2.21. The summed E-state index contributed by atoms with van der Waals surface area (Å²) in [6, 6.07) is 11.3. The van der Waals surface area contributed by atoms with Gasteiger partial charge in [0.25, 0.3) is 0 Å². The number of benzene rings is 2. The Morgan fingerprint density at radius 2 is 1.82 bits per heavy atom. The predicted molar refractivity (Wildman–Crippen MR) is 105 cm³/mol. The summed E-state index contributed by atoms with van der Waals surface area (Å²) in [5, 5.41) is 5.11. The molecule has 0 saturated carbocycles. The molecule has 0 bridgehead atoms. The lowest BCUT2D eigenvalue weighted by Gasteiger charge is -2.29. The average molecular weight is 383 g/mol. The van der Waals surface area contributed by atoms with Crippen LogP contribution in [0.4, 0.5) is 15.8 Å². The van der Waals surface area contributed by atoms with Gasteiger partial charge in [-0.1, -0.05) is 18.2 Å². The Hall–Kier alpha value is -3.22. The van der Waals surface area contributed by atoms with E-state index in [0.29, 0.717) is 18.7 Å². The first kappa shape index (κ1) is 19.5. The van der Waals surface area contributed by atoms with Crippen molar-refractivity contribution in [2.24, 2.45) is 0 Å². The van der Waals surface area contributed by atoms with Crippen molar-refractivity contribution in [2.75, 3.05) is 23.3 Å². The van der Waals surface area contributed by atoms with E-state index in [1.807, 2.05) is 6.07 Å². The standard InChI is InChI=1S/C21H22FN3O3/c1-14(26)25-12-2-3-16-6-9-18(13-19(16)25)24-21(28)20(27)23-11-10-15-4-7-17(22)8-5-15/h4-9,13H,2-3,10-12H2,1H3,(H,23,27)(H,24,28). The van der Waals surface area contributed by atoms with E-state index in [-0.39, 0.29) is 18.3 Å². The van der Waals surface area contributed by atoms with Crippen LogP contribution in [0.15, 0.2) is 42.5 Å². The molecule has 6 nitrogen and oxygen atoms in total. The average Bonchev–Trinajstić information content (AvgIpc) is 2.68. The highest BCUT2D eigenvalue weighted by Crippen LogP contribution is 2.30. The molecule has 0 aliphatic carbocycles. The number of hydrogen-bond acceptors (Lipinski definition) is 3. The monoisotopic (exact) mass is 383 g/mol. The minimum Gasteiger partial charge on any atom is -0.347 e. The number of nitrogens with one attached hydrogen (secondary N) is 2. The van der Waals surface area contributed by atoms with Crippen LogP contribution in [0.25, 0.3) is 0 Å². The molecule has 0 atom stereocenters. The van der Waals surface area contributed by atoms with Crippen molar-refractivity contribution < 1.29 is 18.8 Å². The fourth-order valence-electron chi connectivity index (χ4n) is 3.22. The van der Waals surface area contributed by atoms with E-state index in [1.54, 1.807) is 29.2 Å². The molecule has 146 valence electrons. The van der Waals surface area contributed by atoms with E-state index < -0.39 is 11.8 Å². The molecule has 0 spiro atoms. The molecular formula is C21H22FN3O3. The van der Waals surface area contributed by atoms with Crippen molar-refractivity contribution in [3.8, 4) is 0 Å². The van der Waals surface area contributed by atoms with E-state index in [9.17, 15) is 18.8 Å². The quantitative estimate of drug-likeness (QED) is 0.796. The first-order valence-electron chi connectivity index (χ1n) is 9.18. The molecule has 2 aromatic rings. The first-order chi connectivity index (χ1) is 13.4. The molecule has 0 radical (unpaired) electrons. The number of nitrogens with zero attached hydrogens (tertiary/aromatic N) is 1. The van der Waals surface area contributed by atoms with Crippen LogP contribution in [-0.2, 0) is 27.2 Å². The summed E-state index contributed by atoms with van der Waals surface area (Å²) in [5.41, 5.74) is 3.14. The highest BCUT2D eigenvalue weighted by atomic mass is 19.1. The van der Waals surface area contributed by atoms with E-state index >= 15 is 0 Å². The molecule has 3 amide bonds. The molecule has 3 rings (SSSR count). The number of halogens is 1. The third-order valence-corrected chi connectivity index (χ3v) is 4.66. The smallest absolute Gasteiger partial charge is 0.313 e. The number of carbonyl (C=O) groups excluding carboxylic acids is 3. The second-order valence-electron chi connectivity index (χ2n) is 6.70. The largest absolute Gasteiger partial charge is 0.347 e. The van der Waals surface area contributed by atoms with Gasteiger partial charge in [0, 0.05) is 31.4 Å². The fourth-order valence-corrected chi connectivity index (χ4v) is 3.22. The van der Waals surface area contributed by atoms with Crippen molar-refractivity contribution >= 4 is 29.1 Å². The van der Waals surface area contributed by atoms with Gasteiger partial charge in [0.2, 0.25) is 5.91 Å². The van der Waals surface area contributed by atoms with Gasteiger partial charge < -0.3 is 15.5 Å². The van der Waals surface area contributed by atoms with Crippen molar-refractivity contribution in [1.82, 2.24) is 5.32 Å². The van der Waals surface area contributed by atoms with Crippen molar-refractivity contribution in [3.63, 3.8) is 0 Å². The Labute approximate surface area is 162 Å². The molecule has 1 aliphatic rings. The molecular weight excluding hydrogens is 361 g/mol. The van der Waals surface area contributed by atoms with Gasteiger partial charge in [0.05, 0.1) is 0 Å². The second-order valence-corrected chi connectivity index (χ2v) is 6.70. The third-order valence-electron chi connectivity index (χ3n) is 4.66. The summed E-state index contributed by atoms with van der Waals surface area (Å²) < 4.78 is 12.9. The fraction of sp³-hybridized carbons (Fsp3) is 0.286. The van der Waals surface area contributed by atoms with Crippen molar-refractivity contribution in [2.45, 2.75) is 26.2 Å². The maximum Gasteiger partial charge on any atom is 0.313 e. The van der Waals surface area contributed by atoms with Crippen LogP contribution in [0, 0.1) is 5.82 Å². The van der Waals surface area contributed by atoms with Gasteiger partial charge in [-0.05, 0) is 54.7 Å². The van der Waals surface area contributed by atoms with Crippen LogP contribution in [0.2, 0.25) is 0 Å². The van der Waals surface area contributed by atoms with Crippen LogP contribution >= 0.6 is 0 Å². The normalized spacial score (nSPS) is 12.9. The van der Waals surface area contributed by atoms with Crippen LogP contribution < -0.4 is 15.5 Å². The minimum absolute atomic E-state index is 0.0528. The number of carbonyl (C=O) groups is 3. The van der Waals surface area contributed by atoms with Gasteiger partial charge in [-0.2, -0.15) is 0 Å². The molecule has 0 unspecified atom stereocenters. The number of amides is 3. The maximum atomic E-state index is 12.9. The predicted octanol–water partition coefficient (Wildman–Crippen LogP) is 2.42. The summed E-state index contributed by atoms with van der Waals surface area (Å²) in [6.45, 7) is 2.42. The van der Waals surface area contributed by atoms with Crippen LogP contribution in [-0.4, -0.2) is 30.8 Å². The second kappa shape index (κ2) is 8.65. The van der Waals surface area contributed by atoms with Gasteiger partial charge in [0.15, 0.2) is 0 Å². The van der Waals surface area contributed by atoms with Gasteiger partial charge in [-0.3, -0.25) is 14.4 Å². The molecule has 1 heterocycles. The SMILES string of the molecule is CC(=O)N1CCCc2ccc(NC(=O)C(=O)NCCc3ccc(F)cc3)cc21. The Kier molecular flexibility index (Phi) is 6.03. The summed E-state index contributed by atoms with van der Waals surface area (Å²) in [6.07, 6.45) is 2.26. The molecule has 2 aromatic carbocycles. The van der Waals surface area contributed by atoms with Crippen molar-refractivity contribution in [3.05, 3.63) is 59.4 Å². The molecule has 0 aromatic heterocycles. The molecule has 28 heavy (non-hydrogen) atoms. The molecule has 0 saturated heterocycles. The number of hydrogen-bond donors (Lipinski definition) is 2. The lowest BCUT2D eigenvalue weighted by atomic mass is 10.0. The Morgan fingerprint density at radius 3 is 2.54 bits per heavy atom. The van der Waals surface area contributed by atoms with Gasteiger partial charge in [0.1, 0.15) is 5.82 Å². The first-order valence-corrected chi connectivity index (χ1v) is 9.18. The highest BCUT2D eigenvalue weighted by molar-refractivity contribution is 6.39. The van der Waals surface area contributed by atoms with Crippen LogP contribution in [0.3, 0.4) is 0 Å². The summed E-state index contributed by atoms with van der Waals surface area (Å²) in [5.74, 6) is -1.89. The summed E-state index contributed by atoms with van der Waals surface area (Å²) in [4.78, 5) is 37.6. The van der Waals surface area contributed by atoms with E-state index in [1.165, 1.54) is 19.1 Å². The summed E-state index contributed by atoms with van der Waals surface area (Å²) >= 11 is 0. The topological polar surface area (TPSA) is 78.5 Å². The number of aryl methyl sites for hydroxylation is 1. The van der Waals surface area contributed by atoms with Gasteiger partial charge in [-0.15, -0.1) is 0 Å². The zero-order chi connectivity index (χ0) is 20.1. The Balaban J connectivity index is 1.56. The van der Waals surface area contributed by atoms with Crippen LogP contribution in [0.1, 0.15) is 24.5 Å². The number of anilines is 2. The maximum absolute atomic E-state index is 12.9. The lowest BCUT2D eigenvalue weighted by molar-refractivity contribution is -0.136. The third kappa shape index (κ3) is 4.73. The van der Waals surface area contributed by atoms with Crippen LogP contribution in [0.5, 0.6) is 0 Å². The van der Waals surface area contributed by atoms with E-state index in [4.69, 9.17) is 0 Å². The minimum atomic E-state index is -0.774. The number of rotatable bonds is 4. The van der Waals surface area contributed by atoms with Gasteiger partial charge >= 0.3 is 11.8 Å². The zero-order valence-electron chi connectivity index (χ0n) is 15.6. The molecule has 2 N–H and O–H groups in total. The molecule has 7 heteroatoms. The van der Waals surface area contributed by atoms with E-state index in [0.717, 1.165) is 29.7 Å². The number of fused-ring (bicyclic) bond motifs is 1. The zero-order valence-corrected chi connectivity index (χ0v) is 15.6. The lowest BCUT2D eigenvalue weighted by Crippen LogP contribution is -2.37. The molecule has 1 aliphatic heterocycles. The Bertz CT molecular complexity index is 896. The molecule has 0 fully saturated rings. The van der Waals surface area contributed by atoms with Gasteiger partial charge in [-0.25, -0.2) is 4.39 Å². The van der Waals surface area contributed by atoms with E-state index in [2.05, 4.69) is 10.6 Å². The van der Waals surface area contributed by atoms with Crippen molar-refractivity contribution in [1.29, 1.82) is 0 Å². The Morgan fingerprint density at radius 1 is 1.07 bits per heavy atom. The summed E-state index contributed by atoms with van der Waals surface area (Å²) in [7, 11) is 0.